The van der Waals surface area contributed by atoms with Crippen molar-refractivity contribution in [3.05, 3.63) is 12.2 Å². The zero-order chi connectivity index (χ0) is 14.8. The summed E-state index contributed by atoms with van der Waals surface area (Å²) in [4.78, 5) is 12.2. The smallest absolute Gasteiger partial charge is 0.227 e. The first-order valence-electron chi connectivity index (χ1n) is 8.16. The summed E-state index contributed by atoms with van der Waals surface area (Å²) in [6.45, 7) is 7.03. The molecule has 3 nitrogen and oxygen atoms in total. The summed E-state index contributed by atoms with van der Waals surface area (Å²) in [6, 6.07) is 0.434. The van der Waals surface area contributed by atoms with Crippen LogP contribution in [0.5, 0.6) is 0 Å². The molecule has 0 aliphatic heterocycles. The molecule has 0 aromatic rings. The highest BCUT2D eigenvalue weighted by Gasteiger charge is 2.33. The van der Waals surface area contributed by atoms with Gasteiger partial charge in [-0.25, -0.2) is 0 Å². The molecule has 0 bridgehead atoms. The Morgan fingerprint density at radius 3 is 2.40 bits per heavy atom. The molecular weight excluding hydrogens is 248 g/mol. The number of rotatable bonds is 4. The second-order valence-electron chi connectivity index (χ2n) is 7.29. The van der Waals surface area contributed by atoms with Crippen LogP contribution in [0.4, 0.5) is 0 Å². The lowest BCUT2D eigenvalue weighted by Gasteiger charge is -2.39. The zero-order valence-corrected chi connectivity index (χ0v) is 13.2. The lowest BCUT2D eigenvalue weighted by Crippen LogP contribution is -2.42. The van der Waals surface area contributed by atoms with Gasteiger partial charge in [0, 0.05) is 12.1 Å². The van der Waals surface area contributed by atoms with Crippen LogP contribution in [0.15, 0.2) is 12.2 Å². The minimum atomic E-state index is -0.00481. The Balaban J connectivity index is 1.77. The van der Waals surface area contributed by atoms with Crippen LogP contribution >= 0.6 is 0 Å². The molecule has 3 N–H and O–H groups in total. The van der Waals surface area contributed by atoms with Gasteiger partial charge >= 0.3 is 0 Å². The first kappa shape index (κ1) is 15.6. The lowest BCUT2D eigenvalue weighted by atomic mass is 9.69. The zero-order valence-electron chi connectivity index (χ0n) is 13.2. The molecule has 0 aromatic carbocycles. The Kier molecular flexibility index (Phi) is 4.90. The van der Waals surface area contributed by atoms with Crippen molar-refractivity contribution in [3.63, 3.8) is 0 Å². The number of amides is 1. The maximum Gasteiger partial charge on any atom is 0.227 e. The highest BCUT2D eigenvalue weighted by atomic mass is 16.1. The van der Waals surface area contributed by atoms with E-state index in [-0.39, 0.29) is 17.9 Å². The summed E-state index contributed by atoms with van der Waals surface area (Å²) < 4.78 is 0. The van der Waals surface area contributed by atoms with Crippen molar-refractivity contribution in [1.82, 2.24) is 5.32 Å². The lowest BCUT2D eigenvalue weighted by molar-refractivity contribution is -0.124. The summed E-state index contributed by atoms with van der Waals surface area (Å²) in [5, 5.41) is 3.23. The molecule has 0 aromatic heterocycles. The van der Waals surface area contributed by atoms with Crippen molar-refractivity contribution in [2.24, 2.45) is 23.0 Å². The number of carbonyl (C=O) groups excluding carboxylic acids is 1. The molecule has 1 fully saturated rings. The van der Waals surface area contributed by atoms with E-state index in [0.717, 1.165) is 25.2 Å². The molecule has 2 aliphatic carbocycles. The van der Waals surface area contributed by atoms with E-state index in [1.54, 1.807) is 0 Å². The Bertz CT molecular complexity index is 367. The SMILES string of the molecule is CCC(C)(C)C1CCC(NC(=O)C2C=CC(N)C2)CC1. The van der Waals surface area contributed by atoms with Crippen LogP contribution in [0.1, 0.15) is 59.3 Å². The van der Waals surface area contributed by atoms with Crippen LogP contribution in [0, 0.1) is 17.3 Å². The van der Waals surface area contributed by atoms with Crippen LogP contribution in [0.3, 0.4) is 0 Å². The molecule has 2 aliphatic rings. The third-order valence-corrected chi connectivity index (χ3v) is 5.54. The van der Waals surface area contributed by atoms with Crippen LogP contribution in [-0.2, 0) is 4.79 Å². The molecule has 2 atom stereocenters. The average Bonchev–Trinajstić information content (AvgIpc) is 2.86. The Hall–Kier alpha value is -0.830. The minimum Gasteiger partial charge on any atom is -0.353 e. The van der Waals surface area contributed by atoms with E-state index in [2.05, 4.69) is 26.1 Å². The predicted octanol–water partition coefficient (Wildman–Crippen LogP) is 3.00. The number of hydrogen-bond donors (Lipinski definition) is 2. The van der Waals surface area contributed by atoms with Crippen molar-refractivity contribution in [1.29, 1.82) is 0 Å². The molecule has 0 heterocycles. The standard InChI is InChI=1S/C17H30N2O/c1-4-17(2,3)13-6-9-15(10-7-13)19-16(20)12-5-8-14(18)11-12/h5,8,12-15H,4,6-7,9-11,18H2,1-3H3,(H,19,20). The van der Waals surface area contributed by atoms with Gasteiger partial charge in [-0.15, -0.1) is 0 Å². The van der Waals surface area contributed by atoms with Crippen LogP contribution in [0.25, 0.3) is 0 Å². The molecule has 0 saturated heterocycles. The third kappa shape index (κ3) is 3.63. The number of hydrogen-bond acceptors (Lipinski definition) is 2. The van der Waals surface area contributed by atoms with E-state index in [0.29, 0.717) is 11.5 Å². The third-order valence-electron chi connectivity index (χ3n) is 5.54. The van der Waals surface area contributed by atoms with Crippen LogP contribution in [0.2, 0.25) is 0 Å². The van der Waals surface area contributed by atoms with E-state index in [1.165, 1.54) is 19.3 Å². The number of nitrogens with two attached hydrogens (primary N) is 1. The monoisotopic (exact) mass is 278 g/mol. The van der Waals surface area contributed by atoms with E-state index < -0.39 is 0 Å². The van der Waals surface area contributed by atoms with Gasteiger partial charge in [0.05, 0.1) is 5.92 Å². The van der Waals surface area contributed by atoms with Gasteiger partial charge in [0.2, 0.25) is 5.91 Å². The van der Waals surface area contributed by atoms with Gasteiger partial charge in [0.15, 0.2) is 0 Å². The number of nitrogens with one attached hydrogen (secondary N) is 1. The van der Waals surface area contributed by atoms with Crippen molar-refractivity contribution in [3.8, 4) is 0 Å². The minimum absolute atomic E-state index is 0.00481. The molecule has 1 saturated carbocycles. The highest BCUT2D eigenvalue weighted by molar-refractivity contribution is 5.81. The second-order valence-corrected chi connectivity index (χ2v) is 7.29. The molecule has 114 valence electrons. The Labute approximate surface area is 123 Å². The summed E-state index contributed by atoms with van der Waals surface area (Å²) in [5.74, 6) is 0.975. The number of carbonyl (C=O) groups is 1. The molecule has 20 heavy (non-hydrogen) atoms. The van der Waals surface area contributed by atoms with E-state index >= 15 is 0 Å². The van der Waals surface area contributed by atoms with E-state index in [9.17, 15) is 4.79 Å². The molecular formula is C17H30N2O. The van der Waals surface area contributed by atoms with Gasteiger partial charge in [-0.2, -0.15) is 0 Å². The van der Waals surface area contributed by atoms with E-state index in [1.807, 2.05) is 12.2 Å². The highest BCUT2D eigenvalue weighted by Crippen LogP contribution is 2.40. The molecule has 1 amide bonds. The summed E-state index contributed by atoms with van der Waals surface area (Å²) in [7, 11) is 0. The first-order valence-corrected chi connectivity index (χ1v) is 8.16. The predicted molar refractivity (Wildman–Crippen MR) is 83.2 cm³/mol. The molecule has 2 unspecified atom stereocenters. The Morgan fingerprint density at radius 2 is 1.90 bits per heavy atom. The van der Waals surface area contributed by atoms with Gasteiger partial charge < -0.3 is 11.1 Å². The van der Waals surface area contributed by atoms with Gasteiger partial charge in [-0.05, 0) is 43.4 Å². The summed E-state index contributed by atoms with van der Waals surface area (Å²) >= 11 is 0. The van der Waals surface area contributed by atoms with Gasteiger partial charge in [-0.3, -0.25) is 4.79 Å². The summed E-state index contributed by atoms with van der Waals surface area (Å²) in [6.07, 6.45) is 10.7. The fraction of sp³-hybridized carbons (Fsp3) is 0.824. The molecule has 3 heteroatoms. The normalized spacial score (nSPS) is 34.2. The molecule has 0 radical (unpaired) electrons. The largest absolute Gasteiger partial charge is 0.353 e. The van der Waals surface area contributed by atoms with Gasteiger partial charge in [-0.1, -0.05) is 39.3 Å². The van der Waals surface area contributed by atoms with Crippen molar-refractivity contribution in [2.75, 3.05) is 0 Å². The maximum atomic E-state index is 12.2. The quantitative estimate of drug-likeness (QED) is 0.777. The summed E-state index contributed by atoms with van der Waals surface area (Å²) in [5.41, 5.74) is 6.25. The second kappa shape index (κ2) is 6.30. The fourth-order valence-corrected chi connectivity index (χ4v) is 3.54. The van der Waals surface area contributed by atoms with Crippen molar-refractivity contribution < 1.29 is 4.79 Å². The average molecular weight is 278 g/mol. The van der Waals surface area contributed by atoms with Gasteiger partial charge in [0.1, 0.15) is 0 Å². The first-order chi connectivity index (χ1) is 9.42. The fourth-order valence-electron chi connectivity index (χ4n) is 3.54. The van der Waals surface area contributed by atoms with Crippen molar-refractivity contribution >= 4 is 5.91 Å². The Morgan fingerprint density at radius 1 is 1.25 bits per heavy atom. The van der Waals surface area contributed by atoms with Crippen molar-refractivity contribution in [2.45, 2.75) is 71.4 Å². The maximum absolute atomic E-state index is 12.2. The van der Waals surface area contributed by atoms with Gasteiger partial charge in [0.25, 0.3) is 0 Å². The van der Waals surface area contributed by atoms with Crippen LogP contribution < -0.4 is 11.1 Å². The topological polar surface area (TPSA) is 55.1 Å². The molecule has 2 rings (SSSR count). The van der Waals surface area contributed by atoms with E-state index in [4.69, 9.17) is 5.73 Å². The molecule has 0 spiro atoms. The van der Waals surface area contributed by atoms with Crippen LogP contribution in [-0.4, -0.2) is 18.0 Å².